The normalized spacial score (nSPS) is 10.5. The zero-order valence-electron chi connectivity index (χ0n) is 9.76. The van der Waals surface area contributed by atoms with Crippen molar-refractivity contribution in [2.45, 2.75) is 18.2 Å². The molecule has 1 aromatic carbocycles. The van der Waals surface area contributed by atoms with Crippen LogP contribution in [0.25, 0.3) is 0 Å². The van der Waals surface area contributed by atoms with Gasteiger partial charge in [-0.25, -0.2) is 8.42 Å². The van der Waals surface area contributed by atoms with Crippen LogP contribution in [0.1, 0.15) is 12.5 Å². The van der Waals surface area contributed by atoms with E-state index in [1.807, 2.05) is 6.92 Å². The molecule has 1 aromatic rings. The van der Waals surface area contributed by atoms with Crippen LogP contribution in [0.5, 0.6) is 0 Å². The third-order valence-electron chi connectivity index (χ3n) is 2.09. The Kier molecular flexibility index (Phi) is 6.20. The van der Waals surface area contributed by atoms with Gasteiger partial charge in [0.05, 0.1) is 11.3 Å². The minimum atomic E-state index is -3.16. The van der Waals surface area contributed by atoms with Gasteiger partial charge in [-0.3, -0.25) is 4.79 Å². The van der Waals surface area contributed by atoms with Gasteiger partial charge in [-0.1, -0.05) is 12.1 Å². The third kappa shape index (κ3) is 5.19. The molecule has 0 unspecified atom stereocenters. The van der Waals surface area contributed by atoms with Gasteiger partial charge in [0.15, 0.2) is 9.84 Å². The molecule has 0 heterocycles. The number of carbonyl (C=O) groups excluding carboxylic acids is 1. The average Bonchev–Trinajstić information content (AvgIpc) is 2.17. The molecule has 96 valence electrons. The molecule has 0 aliphatic heterocycles. The standard InChI is InChI=1S/C11H15NO3S.ClH/c1-3-12-11(13)8-9-4-6-10(7-5-9)16(2,14)15;/h4-7H,3,8H2,1-2H3,(H,12,13);1H. The number of rotatable bonds is 4. The summed E-state index contributed by atoms with van der Waals surface area (Å²) in [4.78, 5) is 11.5. The lowest BCUT2D eigenvalue weighted by atomic mass is 10.1. The highest BCUT2D eigenvalue weighted by Crippen LogP contribution is 2.10. The van der Waals surface area contributed by atoms with Gasteiger partial charge in [0.1, 0.15) is 0 Å². The number of nitrogens with one attached hydrogen (secondary N) is 1. The van der Waals surface area contributed by atoms with Crippen LogP contribution >= 0.6 is 12.4 Å². The molecule has 0 radical (unpaired) electrons. The molecule has 0 spiro atoms. The fourth-order valence-corrected chi connectivity index (χ4v) is 1.93. The fourth-order valence-electron chi connectivity index (χ4n) is 1.30. The van der Waals surface area contributed by atoms with E-state index in [9.17, 15) is 13.2 Å². The molecule has 0 aliphatic rings. The summed E-state index contributed by atoms with van der Waals surface area (Å²) >= 11 is 0. The minimum absolute atomic E-state index is 0. The van der Waals surface area contributed by atoms with Gasteiger partial charge in [-0.2, -0.15) is 0 Å². The van der Waals surface area contributed by atoms with Crippen LogP contribution in [0, 0.1) is 0 Å². The van der Waals surface area contributed by atoms with Crippen molar-refractivity contribution in [3.05, 3.63) is 29.8 Å². The molecule has 0 bridgehead atoms. The summed E-state index contributed by atoms with van der Waals surface area (Å²) < 4.78 is 22.4. The number of hydrogen-bond acceptors (Lipinski definition) is 3. The Hall–Kier alpha value is -1.07. The van der Waals surface area contributed by atoms with Gasteiger partial charge in [0.2, 0.25) is 5.91 Å². The molecule has 1 rings (SSSR count). The van der Waals surface area contributed by atoms with E-state index < -0.39 is 9.84 Å². The summed E-state index contributed by atoms with van der Waals surface area (Å²) in [6, 6.07) is 6.35. The first kappa shape index (κ1) is 15.9. The zero-order valence-corrected chi connectivity index (χ0v) is 11.4. The first-order valence-electron chi connectivity index (χ1n) is 4.99. The van der Waals surface area contributed by atoms with E-state index in [1.165, 1.54) is 12.1 Å². The van der Waals surface area contributed by atoms with E-state index in [2.05, 4.69) is 5.32 Å². The number of amides is 1. The van der Waals surface area contributed by atoms with E-state index in [0.717, 1.165) is 11.8 Å². The van der Waals surface area contributed by atoms with Crippen molar-refractivity contribution in [1.82, 2.24) is 5.32 Å². The van der Waals surface area contributed by atoms with E-state index in [1.54, 1.807) is 12.1 Å². The Labute approximate surface area is 108 Å². The fraction of sp³-hybridized carbons (Fsp3) is 0.364. The van der Waals surface area contributed by atoms with Crippen molar-refractivity contribution < 1.29 is 13.2 Å². The Morgan fingerprint density at radius 1 is 1.24 bits per heavy atom. The van der Waals surface area contributed by atoms with E-state index >= 15 is 0 Å². The Morgan fingerprint density at radius 3 is 2.18 bits per heavy atom. The Morgan fingerprint density at radius 2 is 1.76 bits per heavy atom. The second-order valence-corrected chi connectivity index (χ2v) is 5.56. The Balaban J connectivity index is 0.00000256. The van der Waals surface area contributed by atoms with Crippen molar-refractivity contribution in [2.24, 2.45) is 0 Å². The molecule has 0 saturated carbocycles. The minimum Gasteiger partial charge on any atom is -0.356 e. The van der Waals surface area contributed by atoms with Crippen LogP contribution in [0.2, 0.25) is 0 Å². The van der Waals surface area contributed by atoms with E-state index in [-0.39, 0.29) is 29.6 Å². The Bertz CT molecular complexity index is 468. The van der Waals surface area contributed by atoms with Crippen molar-refractivity contribution in [1.29, 1.82) is 0 Å². The molecular weight excluding hydrogens is 262 g/mol. The first-order chi connectivity index (χ1) is 7.43. The summed E-state index contributed by atoms with van der Waals surface area (Å²) in [7, 11) is -3.16. The number of likely N-dealkylation sites (N-methyl/N-ethyl adjacent to an activating group) is 1. The number of carbonyl (C=O) groups is 1. The molecule has 0 aliphatic carbocycles. The summed E-state index contributed by atoms with van der Waals surface area (Å²) in [6.07, 6.45) is 1.43. The van der Waals surface area contributed by atoms with Gasteiger partial charge in [0.25, 0.3) is 0 Å². The highest BCUT2D eigenvalue weighted by Gasteiger charge is 2.07. The molecule has 6 heteroatoms. The smallest absolute Gasteiger partial charge is 0.224 e. The predicted octanol–water partition coefficient (Wildman–Crippen LogP) is 1.19. The van der Waals surface area contributed by atoms with Crippen LogP contribution in [-0.4, -0.2) is 27.1 Å². The largest absolute Gasteiger partial charge is 0.356 e. The van der Waals surface area contributed by atoms with Crippen molar-refractivity contribution in [3.8, 4) is 0 Å². The van der Waals surface area contributed by atoms with Crippen molar-refractivity contribution in [3.63, 3.8) is 0 Å². The van der Waals surface area contributed by atoms with Crippen LogP contribution in [0.3, 0.4) is 0 Å². The molecular formula is C11H16ClNO3S. The molecule has 1 N–H and O–H groups in total. The van der Waals surface area contributed by atoms with Gasteiger partial charge >= 0.3 is 0 Å². The zero-order chi connectivity index (χ0) is 12.2. The van der Waals surface area contributed by atoms with Gasteiger partial charge in [-0.15, -0.1) is 12.4 Å². The molecule has 0 aromatic heterocycles. The van der Waals surface area contributed by atoms with Crippen molar-refractivity contribution >= 4 is 28.2 Å². The maximum atomic E-state index is 11.3. The maximum Gasteiger partial charge on any atom is 0.224 e. The summed E-state index contributed by atoms with van der Waals surface area (Å²) in [6.45, 7) is 2.45. The summed E-state index contributed by atoms with van der Waals surface area (Å²) in [5.41, 5.74) is 0.804. The number of benzene rings is 1. The second kappa shape index (κ2) is 6.61. The van der Waals surface area contributed by atoms with Crippen LogP contribution < -0.4 is 5.32 Å². The molecule has 17 heavy (non-hydrogen) atoms. The van der Waals surface area contributed by atoms with E-state index in [4.69, 9.17) is 0 Å². The highest BCUT2D eigenvalue weighted by atomic mass is 35.5. The quantitative estimate of drug-likeness (QED) is 0.899. The first-order valence-corrected chi connectivity index (χ1v) is 6.88. The van der Waals surface area contributed by atoms with Crippen LogP contribution in [0.15, 0.2) is 29.2 Å². The highest BCUT2D eigenvalue weighted by molar-refractivity contribution is 7.90. The third-order valence-corrected chi connectivity index (χ3v) is 3.22. The summed E-state index contributed by atoms with van der Waals surface area (Å²) in [5, 5.41) is 2.68. The van der Waals surface area contributed by atoms with Crippen LogP contribution in [0.4, 0.5) is 0 Å². The molecule has 0 fully saturated rings. The van der Waals surface area contributed by atoms with E-state index in [0.29, 0.717) is 6.54 Å². The lowest BCUT2D eigenvalue weighted by Gasteiger charge is -2.03. The monoisotopic (exact) mass is 277 g/mol. The average molecular weight is 278 g/mol. The number of hydrogen-bond donors (Lipinski definition) is 1. The lowest BCUT2D eigenvalue weighted by Crippen LogP contribution is -2.24. The topological polar surface area (TPSA) is 63.2 Å². The van der Waals surface area contributed by atoms with Gasteiger partial charge in [0, 0.05) is 12.8 Å². The van der Waals surface area contributed by atoms with Crippen LogP contribution in [-0.2, 0) is 21.1 Å². The summed E-state index contributed by atoms with van der Waals surface area (Å²) in [5.74, 6) is -0.0606. The molecule has 0 atom stereocenters. The number of sulfone groups is 1. The molecule has 0 saturated heterocycles. The van der Waals surface area contributed by atoms with Gasteiger partial charge in [-0.05, 0) is 24.6 Å². The lowest BCUT2D eigenvalue weighted by molar-refractivity contribution is -0.120. The number of halogens is 1. The van der Waals surface area contributed by atoms with Crippen molar-refractivity contribution in [2.75, 3.05) is 12.8 Å². The molecule has 1 amide bonds. The SMILES string of the molecule is CCNC(=O)Cc1ccc(S(C)(=O)=O)cc1.Cl. The second-order valence-electron chi connectivity index (χ2n) is 3.55. The predicted molar refractivity (Wildman–Crippen MR) is 69.2 cm³/mol. The van der Waals surface area contributed by atoms with Gasteiger partial charge < -0.3 is 5.32 Å². The maximum absolute atomic E-state index is 11.3. The molecule has 4 nitrogen and oxygen atoms in total.